The second-order valence-electron chi connectivity index (χ2n) is 5.28. The molecule has 0 radical (unpaired) electrons. The molecule has 0 aliphatic rings. The standard InChI is InChI=1S/C12H28N2O/c1-11(10-15-5)6-7-13-8-9-14-12(2,3)4/h11,13-14H,6-10H2,1-5H3. The monoisotopic (exact) mass is 216 g/mol. The summed E-state index contributed by atoms with van der Waals surface area (Å²) >= 11 is 0. The van der Waals surface area contributed by atoms with Crippen molar-refractivity contribution in [2.45, 2.75) is 39.7 Å². The van der Waals surface area contributed by atoms with Crippen LogP contribution in [-0.2, 0) is 4.74 Å². The van der Waals surface area contributed by atoms with Crippen LogP contribution in [0.2, 0.25) is 0 Å². The minimum atomic E-state index is 0.227. The fourth-order valence-corrected chi connectivity index (χ4v) is 1.37. The van der Waals surface area contributed by atoms with Gasteiger partial charge in [-0.15, -0.1) is 0 Å². The third-order valence-corrected chi connectivity index (χ3v) is 2.22. The van der Waals surface area contributed by atoms with Gasteiger partial charge in [-0.2, -0.15) is 0 Å². The molecule has 0 heterocycles. The molecule has 0 aromatic carbocycles. The molecule has 0 bridgehead atoms. The van der Waals surface area contributed by atoms with Crippen molar-refractivity contribution in [3.05, 3.63) is 0 Å². The second kappa shape index (κ2) is 8.08. The molecular weight excluding hydrogens is 188 g/mol. The van der Waals surface area contributed by atoms with E-state index in [0.717, 1.165) is 26.2 Å². The van der Waals surface area contributed by atoms with Crippen molar-refractivity contribution in [1.29, 1.82) is 0 Å². The fourth-order valence-electron chi connectivity index (χ4n) is 1.37. The summed E-state index contributed by atoms with van der Waals surface area (Å²) in [4.78, 5) is 0. The number of nitrogens with one attached hydrogen (secondary N) is 2. The summed E-state index contributed by atoms with van der Waals surface area (Å²) in [5.74, 6) is 0.651. The number of hydrogen-bond donors (Lipinski definition) is 2. The van der Waals surface area contributed by atoms with E-state index in [9.17, 15) is 0 Å². The van der Waals surface area contributed by atoms with Gasteiger partial charge in [-0.1, -0.05) is 6.92 Å². The van der Waals surface area contributed by atoms with Crippen molar-refractivity contribution >= 4 is 0 Å². The summed E-state index contributed by atoms with van der Waals surface area (Å²) in [6, 6.07) is 0. The third kappa shape index (κ3) is 11.8. The average Bonchev–Trinajstić information content (AvgIpc) is 2.09. The van der Waals surface area contributed by atoms with Crippen LogP contribution in [-0.4, -0.2) is 38.9 Å². The molecule has 3 heteroatoms. The highest BCUT2D eigenvalue weighted by Crippen LogP contribution is 1.99. The molecule has 3 nitrogen and oxygen atoms in total. The Bertz CT molecular complexity index is 143. The lowest BCUT2D eigenvalue weighted by atomic mass is 10.1. The van der Waals surface area contributed by atoms with E-state index in [4.69, 9.17) is 4.74 Å². The van der Waals surface area contributed by atoms with Crippen molar-refractivity contribution in [3.63, 3.8) is 0 Å². The number of ether oxygens (including phenoxy) is 1. The van der Waals surface area contributed by atoms with Gasteiger partial charge in [0.05, 0.1) is 0 Å². The van der Waals surface area contributed by atoms with Gasteiger partial charge in [-0.25, -0.2) is 0 Å². The maximum absolute atomic E-state index is 5.09. The third-order valence-electron chi connectivity index (χ3n) is 2.22. The molecule has 0 fully saturated rings. The molecule has 15 heavy (non-hydrogen) atoms. The smallest absolute Gasteiger partial charge is 0.0488 e. The molecule has 0 aromatic rings. The minimum Gasteiger partial charge on any atom is -0.384 e. The lowest BCUT2D eigenvalue weighted by Crippen LogP contribution is -2.40. The topological polar surface area (TPSA) is 33.3 Å². The molecule has 0 saturated carbocycles. The van der Waals surface area contributed by atoms with Gasteiger partial charge < -0.3 is 15.4 Å². The highest BCUT2D eigenvalue weighted by molar-refractivity contribution is 4.70. The van der Waals surface area contributed by atoms with Crippen molar-refractivity contribution in [2.75, 3.05) is 33.4 Å². The molecule has 1 unspecified atom stereocenters. The van der Waals surface area contributed by atoms with Crippen LogP contribution in [0.4, 0.5) is 0 Å². The Balaban J connectivity index is 3.18. The Morgan fingerprint density at radius 3 is 2.33 bits per heavy atom. The van der Waals surface area contributed by atoms with Gasteiger partial charge in [0.15, 0.2) is 0 Å². The van der Waals surface area contributed by atoms with E-state index in [1.165, 1.54) is 6.42 Å². The van der Waals surface area contributed by atoms with E-state index >= 15 is 0 Å². The molecule has 0 aliphatic carbocycles. The fraction of sp³-hybridized carbons (Fsp3) is 1.00. The van der Waals surface area contributed by atoms with Crippen LogP contribution in [0.25, 0.3) is 0 Å². The van der Waals surface area contributed by atoms with Crippen molar-refractivity contribution < 1.29 is 4.74 Å². The number of rotatable bonds is 8. The Morgan fingerprint density at radius 2 is 1.80 bits per heavy atom. The summed E-state index contributed by atoms with van der Waals surface area (Å²) in [6.07, 6.45) is 1.18. The lowest BCUT2D eigenvalue weighted by Gasteiger charge is -2.20. The van der Waals surface area contributed by atoms with E-state index in [1.807, 2.05) is 0 Å². The van der Waals surface area contributed by atoms with E-state index in [-0.39, 0.29) is 5.54 Å². The van der Waals surface area contributed by atoms with Crippen LogP contribution in [0.3, 0.4) is 0 Å². The molecule has 0 amide bonds. The summed E-state index contributed by atoms with van der Waals surface area (Å²) in [5.41, 5.74) is 0.227. The molecule has 0 aliphatic heterocycles. The minimum absolute atomic E-state index is 0.227. The summed E-state index contributed by atoms with van der Waals surface area (Å²) in [6.45, 7) is 12.8. The molecule has 2 N–H and O–H groups in total. The number of hydrogen-bond acceptors (Lipinski definition) is 3. The van der Waals surface area contributed by atoms with Crippen LogP contribution in [0.5, 0.6) is 0 Å². The van der Waals surface area contributed by atoms with Gasteiger partial charge in [0, 0.05) is 32.3 Å². The highest BCUT2D eigenvalue weighted by atomic mass is 16.5. The van der Waals surface area contributed by atoms with Crippen LogP contribution >= 0.6 is 0 Å². The van der Waals surface area contributed by atoms with Gasteiger partial charge in [-0.05, 0) is 39.7 Å². The molecule has 0 saturated heterocycles. The van der Waals surface area contributed by atoms with E-state index in [1.54, 1.807) is 7.11 Å². The van der Waals surface area contributed by atoms with Crippen LogP contribution in [0.15, 0.2) is 0 Å². The zero-order valence-electron chi connectivity index (χ0n) is 11.0. The lowest BCUT2D eigenvalue weighted by molar-refractivity contribution is 0.155. The molecule has 0 aromatic heterocycles. The summed E-state index contributed by atoms with van der Waals surface area (Å²) in [7, 11) is 1.76. The molecular formula is C12H28N2O. The average molecular weight is 216 g/mol. The SMILES string of the molecule is COCC(C)CCNCCNC(C)(C)C. The highest BCUT2D eigenvalue weighted by Gasteiger charge is 2.06. The maximum Gasteiger partial charge on any atom is 0.0488 e. The van der Waals surface area contributed by atoms with Gasteiger partial charge in [0.2, 0.25) is 0 Å². The van der Waals surface area contributed by atoms with Gasteiger partial charge in [0.1, 0.15) is 0 Å². The van der Waals surface area contributed by atoms with E-state index in [2.05, 4.69) is 38.3 Å². The summed E-state index contributed by atoms with van der Waals surface area (Å²) < 4.78 is 5.09. The first kappa shape index (κ1) is 14.9. The Kier molecular flexibility index (Phi) is 8.02. The Labute approximate surface area is 95.0 Å². The largest absolute Gasteiger partial charge is 0.384 e. The van der Waals surface area contributed by atoms with Crippen molar-refractivity contribution in [3.8, 4) is 0 Å². The maximum atomic E-state index is 5.09. The van der Waals surface area contributed by atoms with Gasteiger partial charge in [-0.3, -0.25) is 0 Å². The molecule has 92 valence electrons. The first-order valence-corrected chi connectivity index (χ1v) is 5.90. The van der Waals surface area contributed by atoms with Crippen molar-refractivity contribution in [1.82, 2.24) is 10.6 Å². The van der Waals surface area contributed by atoms with Crippen LogP contribution in [0.1, 0.15) is 34.1 Å². The Morgan fingerprint density at radius 1 is 1.13 bits per heavy atom. The quantitative estimate of drug-likeness (QED) is 0.605. The van der Waals surface area contributed by atoms with E-state index < -0.39 is 0 Å². The normalized spacial score (nSPS) is 14.2. The van der Waals surface area contributed by atoms with Gasteiger partial charge >= 0.3 is 0 Å². The molecule has 0 spiro atoms. The zero-order valence-corrected chi connectivity index (χ0v) is 11.0. The van der Waals surface area contributed by atoms with Crippen LogP contribution in [0, 0.1) is 5.92 Å². The summed E-state index contributed by atoms with van der Waals surface area (Å²) in [5, 5.41) is 6.88. The Hall–Kier alpha value is -0.120. The molecule has 0 rings (SSSR count). The number of methoxy groups -OCH3 is 1. The predicted octanol–water partition coefficient (Wildman–Crippen LogP) is 1.64. The first-order chi connectivity index (χ1) is 6.95. The zero-order chi connectivity index (χ0) is 11.7. The van der Waals surface area contributed by atoms with E-state index in [0.29, 0.717) is 5.92 Å². The molecule has 1 atom stereocenters. The predicted molar refractivity (Wildman–Crippen MR) is 66.3 cm³/mol. The first-order valence-electron chi connectivity index (χ1n) is 5.90. The van der Waals surface area contributed by atoms with Crippen molar-refractivity contribution in [2.24, 2.45) is 5.92 Å². The van der Waals surface area contributed by atoms with Crippen LogP contribution < -0.4 is 10.6 Å². The van der Waals surface area contributed by atoms with Gasteiger partial charge in [0.25, 0.3) is 0 Å². The second-order valence-corrected chi connectivity index (χ2v) is 5.28.